The molecule has 6 nitrogen and oxygen atoms in total. The van der Waals surface area contributed by atoms with E-state index in [4.69, 9.17) is 11.6 Å². The van der Waals surface area contributed by atoms with Crippen molar-refractivity contribution in [1.82, 2.24) is 9.21 Å². The molecule has 8 heteroatoms. The summed E-state index contributed by atoms with van der Waals surface area (Å²) in [6.07, 6.45) is 1.59. The Morgan fingerprint density at radius 1 is 1.27 bits per heavy atom. The first-order chi connectivity index (χ1) is 10.3. The highest BCUT2D eigenvalue weighted by Gasteiger charge is 2.23. The van der Waals surface area contributed by atoms with Gasteiger partial charge in [-0.2, -0.15) is 4.31 Å². The van der Waals surface area contributed by atoms with E-state index in [2.05, 4.69) is 10.2 Å². The summed E-state index contributed by atoms with van der Waals surface area (Å²) >= 11 is 5.86. The van der Waals surface area contributed by atoms with Gasteiger partial charge in [0.1, 0.15) is 0 Å². The van der Waals surface area contributed by atoms with Gasteiger partial charge < -0.3 is 10.2 Å². The van der Waals surface area contributed by atoms with Crippen molar-refractivity contribution in [1.29, 1.82) is 0 Å². The lowest BCUT2D eigenvalue weighted by molar-refractivity contribution is -0.116. The molecule has 0 saturated carbocycles. The van der Waals surface area contributed by atoms with Crippen molar-refractivity contribution in [2.24, 2.45) is 0 Å². The lowest BCUT2D eigenvalue weighted by Gasteiger charge is -2.32. The highest BCUT2D eigenvalue weighted by Crippen LogP contribution is 2.15. The van der Waals surface area contributed by atoms with Gasteiger partial charge in [0.05, 0.1) is 6.26 Å². The van der Waals surface area contributed by atoms with E-state index in [1.165, 1.54) is 10.6 Å². The third kappa shape index (κ3) is 5.24. The average Bonchev–Trinajstić information content (AvgIpc) is 2.45. The van der Waals surface area contributed by atoms with Gasteiger partial charge in [-0.3, -0.25) is 4.79 Å². The maximum atomic E-state index is 11.9. The topological polar surface area (TPSA) is 69.7 Å². The minimum Gasteiger partial charge on any atom is -0.326 e. The van der Waals surface area contributed by atoms with Gasteiger partial charge in [-0.15, -0.1) is 0 Å². The summed E-state index contributed by atoms with van der Waals surface area (Å²) in [6.45, 7) is 2.88. The number of rotatable bonds is 5. The smallest absolute Gasteiger partial charge is 0.225 e. The van der Waals surface area contributed by atoms with Crippen molar-refractivity contribution in [3.05, 3.63) is 29.3 Å². The number of anilines is 1. The summed E-state index contributed by atoms with van der Waals surface area (Å²) in [7, 11) is -3.11. The van der Waals surface area contributed by atoms with Crippen LogP contribution in [-0.4, -0.2) is 62.5 Å². The zero-order valence-corrected chi connectivity index (χ0v) is 14.0. The number of nitrogens with zero attached hydrogens (tertiary/aromatic N) is 2. The molecule has 22 heavy (non-hydrogen) atoms. The number of hydrogen-bond donors (Lipinski definition) is 1. The number of amides is 1. The lowest BCUT2D eigenvalue weighted by atomic mass is 10.3. The molecule has 0 bridgehead atoms. The van der Waals surface area contributed by atoms with E-state index in [0.29, 0.717) is 49.9 Å². The van der Waals surface area contributed by atoms with Crippen molar-refractivity contribution >= 4 is 33.2 Å². The largest absolute Gasteiger partial charge is 0.326 e. The van der Waals surface area contributed by atoms with Crippen LogP contribution in [0.4, 0.5) is 5.69 Å². The first kappa shape index (κ1) is 17.2. The van der Waals surface area contributed by atoms with Crippen LogP contribution in [0.1, 0.15) is 6.42 Å². The average molecular weight is 346 g/mol. The van der Waals surface area contributed by atoms with Gasteiger partial charge >= 0.3 is 0 Å². The maximum absolute atomic E-state index is 11.9. The van der Waals surface area contributed by atoms with Crippen LogP contribution in [0.2, 0.25) is 5.02 Å². The molecule has 122 valence electrons. The molecule has 0 radical (unpaired) electrons. The van der Waals surface area contributed by atoms with E-state index in [9.17, 15) is 13.2 Å². The second kappa shape index (κ2) is 7.41. The Hall–Kier alpha value is -1.15. The Balaban J connectivity index is 1.74. The number of piperazine rings is 1. The van der Waals surface area contributed by atoms with Crippen molar-refractivity contribution in [2.45, 2.75) is 6.42 Å². The van der Waals surface area contributed by atoms with Crippen molar-refractivity contribution < 1.29 is 13.2 Å². The monoisotopic (exact) mass is 345 g/mol. The van der Waals surface area contributed by atoms with Gasteiger partial charge in [0.15, 0.2) is 0 Å². The molecule has 0 atom stereocenters. The summed E-state index contributed by atoms with van der Waals surface area (Å²) in [6, 6.07) is 7.01. The fourth-order valence-electron chi connectivity index (χ4n) is 2.33. The highest BCUT2D eigenvalue weighted by molar-refractivity contribution is 7.88. The third-order valence-electron chi connectivity index (χ3n) is 3.56. The first-order valence-corrected chi connectivity index (χ1v) is 9.30. The molecule has 1 amide bonds. The van der Waals surface area contributed by atoms with Crippen molar-refractivity contribution in [3.63, 3.8) is 0 Å². The Kier molecular flexibility index (Phi) is 5.80. The minimum atomic E-state index is -3.11. The zero-order valence-electron chi connectivity index (χ0n) is 12.5. The molecular formula is C14H20ClN3O3S. The van der Waals surface area contributed by atoms with E-state index in [1.807, 2.05) is 0 Å². The van der Waals surface area contributed by atoms with Gasteiger partial charge in [0.25, 0.3) is 0 Å². The molecule has 0 aliphatic carbocycles. The number of carbonyl (C=O) groups excluding carboxylic acids is 1. The van der Waals surface area contributed by atoms with E-state index >= 15 is 0 Å². The second-order valence-corrected chi connectivity index (χ2v) is 7.73. The number of sulfonamides is 1. The van der Waals surface area contributed by atoms with Crippen molar-refractivity contribution in [3.8, 4) is 0 Å². The molecule has 0 unspecified atom stereocenters. The predicted molar refractivity (Wildman–Crippen MR) is 87.6 cm³/mol. The van der Waals surface area contributed by atoms with Crippen LogP contribution >= 0.6 is 11.6 Å². The van der Waals surface area contributed by atoms with Crippen molar-refractivity contribution in [2.75, 3.05) is 44.3 Å². The van der Waals surface area contributed by atoms with E-state index < -0.39 is 10.0 Å². The summed E-state index contributed by atoms with van der Waals surface area (Å²) in [5, 5.41) is 3.38. The quantitative estimate of drug-likeness (QED) is 0.872. The van der Waals surface area contributed by atoms with Crippen LogP contribution < -0.4 is 5.32 Å². The summed E-state index contributed by atoms with van der Waals surface area (Å²) in [5.74, 6) is -0.0761. The molecule has 1 fully saturated rings. The van der Waals surface area contributed by atoms with Gasteiger partial charge in [0, 0.05) is 49.9 Å². The molecule has 0 spiro atoms. The van der Waals surface area contributed by atoms with Gasteiger partial charge in [0.2, 0.25) is 15.9 Å². The van der Waals surface area contributed by atoms with Crippen LogP contribution in [0.25, 0.3) is 0 Å². The van der Waals surface area contributed by atoms with E-state index in [1.54, 1.807) is 24.3 Å². The molecule has 1 heterocycles. The summed E-state index contributed by atoms with van der Waals surface area (Å²) in [5.41, 5.74) is 0.680. The molecule has 1 aliphatic heterocycles. The number of nitrogens with one attached hydrogen (secondary N) is 1. The van der Waals surface area contributed by atoms with Gasteiger partial charge in [-0.05, 0) is 18.2 Å². The minimum absolute atomic E-state index is 0.0761. The second-order valence-electron chi connectivity index (χ2n) is 5.31. The van der Waals surface area contributed by atoms with E-state index in [-0.39, 0.29) is 5.91 Å². The SMILES string of the molecule is CS(=O)(=O)N1CCN(CCC(=O)Nc2cccc(Cl)c2)CC1. The number of hydrogen-bond acceptors (Lipinski definition) is 4. The van der Waals surface area contributed by atoms with Crippen LogP contribution in [0, 0.1) is 0 Å². The Bertz CT molecular complexity index is 628. The standard InChI is InChI=1S/C14H20ClN3O3S/c1-22(20,21)18-9-7-17(8-10-18)6-5-14(19)16-13-4-2-3-12(15)11-13/h2-4,11H,5-10H2,1H3,(H,16,19). The fraction of sp³-hybridized carbons (Fsp3) is 0.500. The fourth-order valence-corrected chi connectivity index (χ4v) is 3.35. The van der Waals surface area contributed by atoms with Crippen LogP contribution in [-0.2, 0) is 14.8 Å². The normalized spacial score (nSPS) is 17.4. The Morgan fingerprint density at radius 2 is 1.95 bits per heavy atom. The van der Waals surface area contributed by atoms with Gasteiger partial charge in [-0.1, -0.05) is 17.7 Å². The molecule has 0 aromatic heterocycles. The number of carbonyl (C=O) groups is 1. The Morgan fingerprint density at radius 3 is 2.55 bits per heavy atom. The molecule has 1 aromatic carbocycles. The maximum Gasteiger partial charge on any atom is 0.225 e. The summed E-state index contributed by atoms with van der Waals surface area (Å²) < 4.78 is 24.3. The van der Waals surface area contributed by atoms with Crippen LogP contribution in [0.5, 0.6) is 0 Å². The molecular weight excluding hydrogens is 326 g/mol. The third-order valence-corrected chi connectivity index (χ3v) is 5.10. The molecule has 1 aromatic rings. The molecule has 1 aliphatic rings. The number of halogens is 1. The highest BCUT2D eigenvalue weighted by atomic mass is 35.5. The van der Waals surface area contributed by atoms with Gasteiger partial charge in [-0.25, -0.2) is 8.42 Å². The molecule has 1 saturated heterocycles. The molecule has 2 rings (SSSR count). The Labute approximate surface area is 136 Å². The zero-order chi connectivity index (χ0) is 16.2. The lowest BCUT2D eigenvalue weighted by Crippen LogP contribution is -2.48. The van der Waals surface area contributed by atoms with Crippen LogP contribution in [0.15, 0.2) is 24.3 Å². The summed E-state index contributed by atoms with van der Waals surface area (Å²) in [4.78, 5) is 14.0. The van der Waals surface area contributed by atoms with Crippen LogP contribution in [0.3, 0.4) is 0 Å². The molecule has 1 N–H and O–H groups in total. The first-order valence-electron chi connectivity index (χ1n) is 7.07. The predicted octanol–water partition coefficient (Wildman–Crippen LogP) is 1.25. The van der Waals surface area contributed by atoms with E-state index in [0.717, 1.165) is 0 Å². The number of benzene rings is 1.